The summed E-state index contributed by atoms with van der Waals surface area (Å²) >= 11 is 0. The van der Waals surface area contributed by atoms with E-state index in [4.69, 9.17) is 0 Å². The van der Waals surface area contributed by atoms with Gasteiger partial charge in [-0.05, 0) is 128 Å². The van der Waals surface area contributed by atoms with Crippen molar-refractivity contribution in [2.45, 2.75) is 167 Å². The Morgan fingerprint density at radius 2 is 1.00 bits per heavy atom. The lowest BCUT2D eigenvalue weighted by molar-refractivity contribution is 0.155. The first kappa shape index (κ1) is 32.8. The first-order valence-corrected chi connectivity index (χ1v) is 19.0. The van der Waals surface area contributed by atoms with Crippen molar-refractivity contribution in [3.8, 4) is 11.1 Å². The molecule has 3 fully saturated rings. The van der Waals surface area contributed by atoms with E-state index in [-0.39, 0.29) is 5.82 Å². The average Bonchev–Trinajstić information content (AvgIpc) is 3.06. The van der Waals surface area contributed by atoms with E-state index in [0.29, 0.717) is 11.8 Å². The molecule has 2 aromatic rings. The minimum absolute atomic E-state index is 0.00957. The van der Waals surface area contributed by atoms with Crippen LogP contribution in [0.2, 0.25) is 0 Å². The summed E-state index contributed by atoms with van der Waals surface area (Å²) in [5.74, 6) is 4.99. The fourth-order valence-electron chi connectivity index (χ4n) is 9.34. The lowest BCUT2D eigenvalue weighted by Crippen LogP contribution is -2.25. The Balaban J connectivity index is 1.05. The average molecular weight is 587 g/mol. The Hall–Kier alpha value is -1.63. The smallest absolute Gasteiger partial charge is 0.127 e. The highest BCUT2D eigenvalue weighted by Gasteiger charge is 2.31. The second-order valence-electron chi connectivity index (χ2n) is 15.2. The normalized spacial score (nSPS) is 28.2. The molecule has 0 spiro atoms. The van der Waals surface area contributed by atoms with Gasteiger partial charge in [0, 0.05) is 0 Å². The van der Waals surface area contributed by atoms with Crippen LogP contribution in [-0.4, -0.2) is 0 Å². The maximum atomic E-state index is 15.3. The van der Waals surface area contributed by atoms with Gasteiger partial charge in [0.1, 0.15) is 5.82 Å². The van der Waals surface area contributed by atoms with E-state index in [2.05, 4.69) is 50.2 Å². The predicted molar refractivity (Wildman–Crippen MR) is 184 cm³/mol. The molecule has 0 saturated heterocycles. The van der Waals surface area contributed by atoms with Crippen LogP contribution in [0.4, 0.5) is 4.39 Å². The van der Waals surface area contributed by atoms with Crippen LogP contribution in [0, 0.1) is 29.5 Å². The van der Waals surface area contributed by atoms with Crippen LogP contribution in [-0.2, 0) is 0 Å². The predicted octanol–water partition coefficient (Wildman–Crippen LogP) is 13.8. The number of hydrogen-bond donors (Lipinski definition) is 0. The lowest BCUT2D eigenvalue weighted by Gasteiger charge is -2.38. The Bertz CT molecular complexity index is 1040. The van der Waals surface area contributed by atoms with Gasteiger partial charge in [0.15, 0.2) is 0 Å². The third-order valence-electron chi connectivity index (χ3n) is 12.3. The highest BCUT2D eigenvalue weighted by atomic mass is 19.1. The minimum atomic E-state index is 0.00957. The van der Waals surface area contributed by atoms with Crippen LogP contribution in [0.1, 0.15) is 178 Å². The van der Waals surface area contributed by atoms with Crippen molar-refractivity contribution in [2.75, 3.05) is 0 Å². The fraction of sp³-hybridized carbons (Fsp3) is 0.714. The van der Waals surface area contributed by atoms with E-state index in [1.807, 2.05) is 6.07 Å². The van der Waals surface area contributed by atoms with Gasteiger partial charge in [0.25, 0.3) is 0 Å². The van der Waals surface area contributed by atoms with Crippen LogP contribution in [0.25, 0.3) is 11.1 Å². The molecule has 0 unspecified atom stereocenters. The Labute approximate surface area is 265 Å². The van der Waals surface area contributed by atoms with Crippen LogP contribution >= 0.6 is 0 Å². The van der Waals surface area contributed by atoms with Gasteiger partial charge in [-0.2, -0.15) is 0 Å². The Morgan fingerprint density at radius 1 is 0.512 bits per heavy atom. The molecule has 0 radical (unpaired) electrons. The van der Waals surface area contributed by atoms with Gasteiger partial charge in [0.05, 0.1) is 0 Å². The van der Waals surface area contributed by atoms with Crippen molar-refractivity contribution in [2.24, 2.45) is 23.7 Å². The molecule has 3 aliphatic rings. The zero-order valence-electron chi connectivity index (χ0n) is 27.9. The molecule has 0 aliphatic heterocycles. The molecule has 5 rings (SSSR count). The van der Waals surface area contributed by atoms with Crippen molar-refractivity contribution in [1.29, 1.82) is 0 Å². The highest BCUT2D eigenvalue weighted by molar-refractivity contribution is 5.64. The molecule has 238 valence electrons. The molecule has 0 aromatic heterocycles. The zero-order valence-corrected chi connectivity index (χ0v) is 27.9. The molecule has 3 saturated carbocycles. The van der Waals surface area contributed by atoms with Gasteiger partial charge in [-0.25, -0.2) is 4.39 Å². The summed E-state index contributed by atoms with van der Waals surface area (Å²) < 4.78 is 15.3. The summed E-state index contributed by atoms with van der Waals surface area (Å²) in [4.78, 5) is 0. The largest absolute Gasteiger partial charge is 0.207 e. The van der Waals surface area contributed by atoms with Gasteiger partial charge in [0.2, 0.25) is 0 Å². The topological polar surface area (TPSA) is 0 Å². The van der Waals surface area contributed by atoms with Crippen molar-refractivity contribution < 1.29 is 4.39 Å². The monoisotopic (exact) mass is 586 g/mol. The summed E-state index contributed by atoms with van der Waals surface area (Å²) in [5.41, 5.74) is 4.65. The van der Waals surface area contributed by atoms with Gasteiger partial charge in [-0.3, -0.25) is 0 Å². The number of benzene rings is 2. The lowest BCUT2D eigenvalue weighted by atomic mass is 9.68. The standard InChI is InChI=1S/C42H63F/c1-3-5-7-8-10-12-33-13-17-34(18-14-33)35-21-23-36(24-22-35)37-25-27-38(28-26-37)40-29-30-41(42(43)31-40)39-19-15-32(16-20-39)11-9-6-4-2/h25-36,39H,3-24H2,1-2H3. The first-order valence-electron chi connectivity index (χ1n) is 19.0. The van der Waals surface area contributed by atoms with Gasteiger partial charge in [-0.1, -0.05) is 127 Å². The Kier molecular flexibility index (Phi) is 13.1. The minimum Gasteiger partial charge on any atom is -0.207 e. The molecule has 0 heterocycles. The first-order chi connectivity index (χ1) is 21.1. The van der Waals surface area contributed by atoms with Crippen molar-refractivity contribution >= 4 is 0 Å². The maximum Gasteiger partial charge on any atom is 0.127 e. The molecule has 1 heteroatoms. The van der Waals surface area contributed by atoms with Crippen molar-refractivity contribution in [3.05, 3.63) is 59.4 Å². The second kappa shape index (κ2) is 17.2. The molecular formula is C42H63F. The summed E-state index contributed by atoms with van der Waals surface area (Å²) in [7, 11) is 0. The number of rotatable bonds is 14. The van der Waals surface area contributed by atoms with Gasteiger partial charge < -0.3 is 0 Å². The van der Waals surface area contributed by atoms with Crippen LogP contribution < -0.4 is 0 Å². The third-order valence-corrected chi connectivity index (χ3v) is 12.3. The van der Waals surface area contributed by atoms with Gasteiger partial charge >= 0.3 is 0 Å². The van der Waals surface area contributed by atoms with Crippen LogP contribution in [0.3, 0.4) is 0 Å². The van der Waals surface area contributed by atoms with E-state index in [0.717, 1.165) is 53.2 Å². The summed E-state index contributed by atoms with van der Waals surface area (Å²) in [5, 5.41) is 0. The van der Waals surface area contributed by atoms with E-state index in [9.17, 15) is 0 Å². The fourth-order valence-corrected chi connectivity index (χ4v) is 9.34. The maximum absolute atomic E-state index is 15.3. The van der Waals surface area contributed by atoms with E-state index >= 15 is 4.39 Å². The molecular weight excluding hydrogens is 523 g/mol. The van der Waals surface area contributed by atoms with Crippen molar-refractivity contribution in [3.63, 3.8) is 0 Å². The van der Waals surface area contributed by atoms with Crippen molar-refractivity contribution in [1.82, 2.24) is 0 Å². The summed E-state index contributed by atoms with van der Waals surface area (Å²) in [6.07, 6.45) is 30.5. The molecule has 0 atom stereocenters. The van der Waals surface area contributed by atoms with E-state index in [1.54, 1.807) is 0 Å². The molecule has 0 N–H and O–H groups in total. The molecule has 2 aromatic carbocycles. The molecule has 0 bridgehead atoms. The molecule has 3 aliphatic carbocycles. The zero-order chi connectivity index (χ0) is 29.9. The van der Waals surface area contributed by atoms with Gasteiger partial charge in [-0.15, -0.1) is 0 Å². The van der Waals surface area contributed by atoms with Crippen LogP contribution in [0.15, 0.2) is 42.5 Å². The highest BCUT2D eigenvalue weighted by Crippen LogP contribution is 2.45. The van der Waals surface area contributed by atoms with E-state index < -0.39 is 0 Å². The van der Waals surface area contributed by atoms with E-state index in [1.165, 1.54) is 134 Å². The van der Waals surface area contributed by atoms with Crippen LogP contribution in [0.5, 0.6) is 0 Å². The summed E-state index contributed by atoms with van der Waals surface area (Å²) in [6.45, 7) is 4.60. The number of halogens is 1. The second-order valence-corrected chi connectivity index (χ2v) is 15.2. The SMILES string of the molecule is CCCCCCCC1CCC(C2CCC(c3ccc(-c4ccc(C5CCC(CCCCC)CC5)c(F)c4)cc3)CC2)CC1. The molecule has 0 nitrogen and oxygen atoms in total. The quantitative estimate of drug-likeness (QED) is 0.193. The Morgan fingerprint density at radius 3 is 1.60 bits per heavy atom. The number of unbranched alkanes of at least 4 members (excludes halogenated alkanes) is 6. The number of hydrogen-bond acceptors (Lipinski definition) is 0. The molecule has 0 amide bonds. The molecule has 43 heavy (non-hydrogen) atoms. The summed E-state index contributed by atoms with van der Waals surface area (Å²) in [6, 6.07) is 15.3. The third kappa shape index (κ3) is 9.43.